The van der Waals surface area contributed by atoms with E-state index in [-0.39, 0.29) is 13.5 Å². The van der Waals surface area contributed by atoms with Gasteiger partial charge in [-0.15, -0.1) is 0 Å². The van der Waals surface area contributed by atoms with Crippen molar-refractivity contribution in [2.45, 2.75) is 0 Å². The molecule has 1 heterocycles. The lowest BCUT2D eigenvalue weighted by Gasteiger charge is -1.83. The van der Waals surface area contributed by atoms with Crippen LogP contribution in [-0.2, 0) is 0 Å². The summed E-state index contributed by atoms with van der Waals surface area (Å²) in [6.45, 7) is 0. The van der Waals surface area contributed by atoms with Gasteiger partial charge in [0.15, 0.2) is 0 Å². The number of hydrogen-bond acceptors (Lipinski definition) is 1. The Morgan fingerprint density at radius 2 is 2.00 bits per heavy atom. The van der Waals surface area contributed by atoms with Gasteiger partial charge in [0.1, 0.15) is 11.8 Å². The average molecular weight is 176 g/mol. The molecule has 0 fully saturated rings. The van der Waals surface area contributed by atoms with E-state index in [9.17, 15) is 0 Å². The van der Waals surface area contributed by atoms with Crippen LogP contribution in [0.15, 0.2) is 30.3 Å². The van der Waals surface area contributed by atoms with Crippen molar-refractivity contribution in [3.8, 4) is 6.07 Å². The highest BCUT2D eigenvalue weighted by molar-refractivity contribution is 7.59. The number of nitriles is 1. The van der Waals surface area contributed by atoms with E-state index < -0.39 is 0 Å². The third-order valence-corrected chi connectivity index (χ3v) is 1.65. The van der Waals surface area contributed by atoms with Gasteiger partial charge in [0, 0.05) is 10.9 Å². The van der Waals surface area contributed by atoms with Gasteiger partial charge < -0.3 is 4.98 Å². The van der Waals surface area contributed by atoms with E-state index in [0.717, 1.165) is 10.9 Å². The minimum atomic E-state index is 0. The largest absolute Gasteiger partial charge is 0.346 e. The van der Waals surface area contributed by atoms with Crippen molar-refractivity contribution in [1.29, 1.82) is 5.26 Å². The Morgan fingerprint density at radius 1 is 1.25 bits per heavy atom. The average Bonchev–Trinajstić information content (AvgIpc) is 2.46. The van der Waals surface area contributed by atoms with Crippen molar-refractivity contribution in [2.24, 2.45) is 0 Å². The zero-order valence-corrected chi connectivity index (χ0v) is 7.33. The van der Waals surface area contributed by atoms with E-state index in [0.29, 0.717) is 5.69 Å². The summed E-state index contributed by atoms with van der Waals surface area (Å²) in [6, 6.07) is 11.7. The van der Waals surface area contributed by atoms with Crippen molar-refractivity contribution < 1.29 is 0 Å². The molecule has 2 nitrogen and oxygen atoms in total. The van der Waals surface area contributed by atoms with E-state index in [1.54, 1.807) is 0 Å². The quantitative estimate of drug-likeness (QED) is 0.656. The van der Waals surface area contributed by atoms with Crippen molar-refractivity contribution in [2.75, 3.05) is 0 Å². The van der Waals surface area contributed by atoms with Gasteiger partial charge in [0.25, 0.3) is 0 Å². The molecule has 0 atom stereocenters. The van der Waals surface area contributed by atoms with Gasteiger partial charge in [0.05, 0.1) is 0 Å². The fourth-order valence-corrected chi connectivity index (χ4v) is 1.13. The van der Waals surface area contributed by atoms with Crippen molar-refractivity contribution in [3.63, 3.8) is 0 Å². The minimum Gasteiger partial charge on any atom is -0.346 e. The maximum Gasteiger partial charge on any atom is 0.118 e. The molecule has 0 spiro atoms. The summed E-state index contributed by atoms with van der Waals surface area (Å²) in [5.41, 5.74) is 1.63. The van der Waals surface area contributed by atoms with Gasteiger partial charge in [-0.1, -0.05) is 18.2 Å². The van der Waals surface area contributed by atoms with E-state index in [1.165, 1.54) is 0 Å². The van der Waals surface area contributed by atoms with Crippen molar-refractivity contribution in [1.82, 2.24) is 4.98 Å². The van der Waals surface area contributed by atoms with E-state index in [2.05, 4.69) is 11.1 Å². The second-order valence-electron chi connectivity index (χ2n) is 2.38. The minimum absolute atomic E-state index is 0. The highest BCUT2D eigenvalue weighted by Crippen LogP contribution is 2.13. The van der Waals surface area contributed by atoms with E-state index in [4.69, 9.17) is 5.26 Å². The third-order valence-electron chi connectivity index (χ3n) is 1.65. The van der Waals surface area contributed by atoms with Crippen LogP contribution in [0, 0.1) is 11.3 Å². The van der Waals surface area contributed by atoms with Gasteiger partial charge in [-0.3, -0.25) is 0 Å². The number of aromatic amines is 1. The highest BCUT2D eigenvalue weighted by atomic mass is 32.1. The second kappa shape index (κ2) is 3.33. The van der Waals surface area contributed by atoms with Crippen LogP contribution in [0.5, 0.6) is 0 Å². The molecule has 0 saturated heterocycles. The van der Waals surface area contributed by atoms with Gasteiger partial charge in [0.2, 0.25) is 0 Å². The first kappa shape index (κ1) is 8.69. The smallest absolute Gasteiger partial charge is 0.118 e. The number of nitrogens with one attached hydrogen (secondary N) is 1. The number of hydrogen-bond donors (Lipinski definition) is 1. The summed E-state index contributed by atoms with van der Waals surface area (Å²) in [7, 11) is 0. The van der Waals surface area contributed by atoms with Crippen LogP contribution in [0.1, 0.15) is 5.69 Å². The molecule has 60 valence electrons. The standard InChI is InChI=1S/C9H6N2.H2S/c10-6-8-5-7-3-1-2-4-9(7)11-8;/h1-5,11H;1H2. The van der Waals surface area contributed by atoms with Crippen LogP contribution in [0.2, 0.25) is 0 Å². The topological polar surface area (TPSA) is 39.6 Å². The number of benzene rings is 1. The Balaban J connectivity index is 0.000000720. The molecule has 1 N–H and O–H groups in total. The van der Waals surface area contributed by atoms with Gasteiger partial charge >= 0.3 is 0 Å². The monoisotopic (exact) mass is 176 g/mol. The van der Waals surface area contributed by atoms with Crippen LogP contribution >= 0.6 is 13.5 Å². The Bertz CT molecular complexity index is 392. The van der Waals surface area contributed by atoms with Crippen LogP contribution in [0.4, 0.5) is 0 Å². The molecule has 0 radical (unpaired) electrons. The Hall–Kier alpha value is -1.40. The summed E-state index contributed by atoms with van der Waals surface area (Å²) in [6.07, 6.45) is 0. The van der Waals surface area contributed by atoms with E-state index >= 15 is 0 Å². The number of para-hydroxylation sites is 1. The highest BCUT2D eigenvalue weighted by Gasteiger charge is 1.95. The van der Waals surface area contributed by atoms with Crippen LogP contribution in [0.25, 0.3) is 10.9 Å². The molecule has 0 bridgehead atoms. The second-order valence-corrected chi connectivity index (χ2v) is 2.38. The Morgan fingerprint density at radius 3 is 2.67 bits per heavy atom. The molecule has 0 saturated carbocycles. The van der Waals surface area contributed by atoms with Crippen molar-refractivity contribution >= 4 is 24.4 Å². The molecule has 2 rings (SSSR count). The maximum absolute atomic E-state index is 8.56. The summed E-state index contributed by atoms with van der Waals surface area (Å²) in [5, 5.41) is 9.64. The first-order valence-electron chi connectivity index (χ1n) is 3.38. The molecule has 3 heteroatoms. The molecule has 0 aliphatic rings. The predicted molar refractivity (Wildman–Crippen MR) is 53.4 cm³/mol. The molecular formula is C9H8N2S. The number of H-pyrrole nitrogens is 1. The summed E-state index contributed by atoms with van der Waals surface area (Å²) >= 11 is 0. The number of aromatic nitrogens is 1. The van der Waals surface area contributed by atoms with Crippen LogP contribution in [0.3, 0.4) is 0 Å². The SMILES string of the molecule is N#Cc1cc2ccccc2[nH]1.S. The molecule has 1 aromatic carbocycles. The molecule has 2 aromatic rings. The molecule has 12 heavy (non-hydrogen) atoms. The zero-order chi connectivity index (χ0) is 7.68. The molecule has 0 unspecified atom stereocenters. The maximum atomic E-state index is 8.56. The van der Waals surface area contributed by atoms with Gasteiger partial charge in [-0.05, 0) is 12.1 Å². The van der Waals surface area contributed by atoms with Gasteiger partial charge in [-0.25, -0.2) is 0 Å². The van der Waals surface area contributed by atoms with Crippen LogP contribution < -0.4 is 0 Å². The number of rotatable bonds is 0. The summed E-state index contributed by atoms with van der Waals surface area (Å²) in [4.78, 5) is 2.98. The summed E-state index contributed by atoms with van der Waals surface area (Å²) in [5.74, 6) is 0. The van der Waals surface area contributed by atoms with Gasteiger partial charge in [-0.2, -0.15) is 18.8 Å². The fourth-order valence-electron chi connectivity index (χ4n) is 1.13. The number of fused-ring (bicyclic) bond motifs is 1. The molecule has 0 amide bonds. The van der Waals surface area contributed by atoms with E-state index in [1.807, 2.05) is 30.3 Å². The first-order valence-corrected chi connectivity index (χ1v) is 3.38. The lowest BCUT2D eigenvalue weighted by Crippen LogP contribution is -1.67. The molecule has 1 aromatic heterocycles. The Labute approximate surface area is 77.3 Å². The molecule has 0 aliphatic carbocycles. The Kier molecular flexibility index (Phi) is 2.41. The third kappa shape index (κ3) is 1.29. The molecular weight excluding hydrogens is 168 g/mol. The number of nitrogens with zero attached hydrogens (tertiary/aromatic N) is 1. The fraction of sp³-hybridized carbons (Fsp3) is 0. The summed E-state index contributed by atoms with van der Waals surface area (Å²) < 4.78 is 0. The molecule has 0 aliphatic heterocycles. The zero-order valence-electron chi connectivity index (χ0n) is 6.33. The van der Waals surface area contributed by atoms with Crippen LogP contribution in [-0.4, -0.2) is 4.98 Å². The predicted octanol–water partition coefficient (Wildman–Crippen LogP) is 2.15. The lowest BCUT2D eigenvalue weighted by molar-refractivity contribution is 1.37. The lowest BCUT2D eigenvalue weighted by atomic mass is 10.2. The van der Waals surface area contributed by atoms with Crippen molar-refractivity contribution in [3.05, 3.63) is 36.0 Å². The first-order chi connectivity index (χ1) is 5.40. The normalized spacial score (nSPS) is 8.92.